The minimum atomic E-state index is -1.31. The molecule has 6 nitrogen and oxygen atoms in total. The van der Waals surface area contributed by atoms with Gasteiger partial charge in [0.05, 0.1) is 6.61 Å². The molecule has 0 aliphatic heterocycles. The maximum Gasteiger partial charge on any atom is 0.328 e. The lowest BCUT2D eigenvalue weighted by molar-refractivity contribution is -0.140. The zero-order chi connectivity index (χ0) is 14.4. The quantitative estimate of drug-likeness (QED) is 0.642. The van der Waals surface area contributed by atoms with Crippen molar-refractivity contribution >= 4 is 17.7 Å². The highest BCUT2D eigenvalue weighted by molar-refractivity contribution is 5.93. The molecule has 0 saturated heterocycles. The molecule has 0 spiro atoms. The highest BCUT2D eigenvalue weighted by Crippen LogP contribution is 2.20. The van der Waals surface area contributed by atoms with Crippen LogP contribution in [-0.2, 0) is 11.2 Å². The Morgan fingerprint density at radius 3 is 2.58 bits per heavy atom. The van der Waals surface area contributed by atoms with Crippen LogP contribution in [0.5, 0.6) is 0 Å². The van der Waals surface area contributed by atoms with Crippen LogP contribution in [0, 0.1) is 6.92 Å². The molecule has 0 fully saturated rings. The molecule has 6 heteroatoms. The van der Waals surface area contributed by atoms with Crippen LogP contribution in [0.2, 0.25) is 0 Å². The van der Waals surface area contributed by atoms with E-state index < -0.39 is 24.6 Å². The predicted octanol–water partition coefficient (Wildman–Crippen LogP) is 1.12. The topological polar surface area (TPSA) is 98.7 Å². The first-order valence-electron chi connectivity index (χ1n) is 5.99. The standard InChI is InChI=1S/C13H18N2O4/c1-3-9-6-4-5-8(2)11(9)15-13(19)14-10(7-16)12(17)18/h4-6,10,16H,3,7H2,1-2H3,(H,17,18)(H2,14,15,19)/t10-/m0/s1. The Morgan fingerprint density at radius 1 is 1.37 bits per heavy atom. The van der Waals surface area contributed by atoms with Gasteiger partial charge in [-0.05, 0) is 24.5 Å². The second kappa shape index (κ2) is 6.75. The van der Waals surface area contributed by atoms with E-state index in [4.69, 9.17) is 10.2 Å². The molecule has 1 atom stereocenters. The molecule has 0 heterocycles. The van der Waals surface area contributed by atoms with Crippen molar-refractivity contribution in [1.82, 2.24) is 5.32 Å². The number of urea groups is 1. The minimum Gasteiger partial charge on any atom is -0.480 e. The van der Waals surface area contributed by atoms with E-state index in [0.717, 1.165) is 17.5 Å². The summed E-state index contributed by atoms with van der Waals surface area (Å²) in [6, 6.07) is 3.68. The molecular formula is C13H18N2O4. The van der Waals surface area contributed by atoms with Crippen LogP contribution >= 0.6 is 0 Å². The van der Waals surface area contributed by atoms with Crippen molar-refractivity contribution in [3.05, 3.63) is 29.3 Å². The van der Waals surface area contributed by atoms with E-state index in [1.807, 2.05) is 32.0 Å². The highest BCUT2D eigenvalue weighted by Gasteiger charge is 2.19. The highest BCUT2D eigenvalue weighted by atomic mass is 16.4. The van der Waals surface area contributed by atoms with Crippen LogP contribution in [0.25, 0.3) is 0 Å². The molecule has 1 aromatic rings. The SMILES string of the molecule is CCc1cccc(C)c1NC(=O)N[C@@H](CO)C(=O)O. The third-order valence-electron chi connectivity index (χ3n) is 2.76. The molecule has 104 valence electrons. The Morgan fingerprint density at radius 2 is 2.05 bits per heavy atom. The lowest BCUT2D eigenvalue weighted by atomic mass is 10.1. The number of aliphatic hydroxyl groups excluding tert-OH is 1. The van der Waals surface area contributed by atoms with Crippen LogP contribution in [0.3, 0.4) is 0 Å². The molecule has 2 amide bonds. The molecule has 0 bridgehead atoms. The third-order valence-corrected chi connectivity index (χ3v) is 2.76. The van der Waals surface area contributed by atoms with Gasteiger partial charge in [0.2, 0.25) is 0 Å². The summed E-state index contributed by atoms with van der Waals surface area (Å²) in [6.45, 7) is 3.16. The van der Waals surface area contributed by atoms with Crippen LogP contribution in [0.15, 0.2) is 18.2 Å². The number of hydrogen-bond donors (Lipinski definition) is 4. The normalized spacial score (nSPS) is 11.7. The summed E-state index contributed by atoms with van der Waals surface area (Å²) < 4.78 is 0. The fourth-order valence-corrected chi connectivity index (χ4v) is 1.70. The fraction of sp³-hybridized carbons (Fsp3) is 0.385. The Bertz CT molecular complexity index is 474. The summed E-state index contributed by atoms with van der Waals surface area (Å²) in [7, 11) is 0. The molecule has 19 heavy (non-hydrogen) atoms. The van der Waals surface area contributed by atoms with Gasteiger partial charge in [0.25, 0.3) is 0 Å². The number of carbonyl (C=O) groups excluding carboxylic acids is 1. The lowest BCUT2D eigenvalue weighted by Gasteiger charge is -2.16. The van der Waals surface area contributed by atoms with Crippen molar-refractivity contribution in [3.63, 3.8) is 0 Å². The molecule has 0 unspecified atom stereocenters. The van der Waals surface area contributed by atoms with Gasteiger partial charge in [-0.25, -0.2) is 9.59 Å². The van der Waals surface area contributed by atoms with Crippen molar-refractivity contribution in [1.29, 1.82) is 0 Å². The maximum absolute atomic E-state index is 11.7. The van der Waals surface area contributed by atoms with Gasteiger partial charge in [0.15, 0.2) is 6.04 Å². The summed E-state index contributed by atoms with van der Waals surface area (Å²) in [6.07, 6.45) is 0.750. The van der Waals surface area contributed by atoms with Crippen molar-refractivity contribution in [2.24, 2.45) is 0 Å². The molecule has 0 radical (unpaired) electrons. The Hall–Kier alpha value is -2.08. The fourth-order valence-electron chi connectivity index (χ4n) is 1.70. The van der Waals surface area contributed by atoms with Gasteiger partial charge in [0.1, 0.15) is 0 Å². The van der Waals surface area contributed by atoms with E-state index in [9.17, 15) is 9.59 Å². The number of amides is 2. The smallest absolute Gasteiger partial charge is 0.328 e. The molecular weight excluding hydrogens is 248 g/mol. The van der Waals surface area contributed by atoms with Crippen LogP contribution < -0.4 is 10.6 Å². The third kappa shape index (κ3) is 3.96. The van der Waals surface area contributed by atoms with Gasteiger partial charge in [0, 0.05) is 5.69 Å². The first-order valence-corrected chi connectivity index (χ1v) is 5.99. The van der Waals surface area contributed by atoms with Gasteiger partial charge in [-0.3, -0.25) is 0 Å². The Labute approximate surface area is 111 Å². The number of nitrogens with one attached hydrogen (secondary N) is 2. The number of aliphatic hydroxyl groups is 1. The number of rotatable bonds is 5. The number of carboxylic acid groups (broad SMARTS) is 1. The average molecular weight is 266 g/mol. The Kier molecular flexibility index (Phi) is 5.32. The van der Waals surface area contributed by atoms with E-state index in [1.165, 1.54) is 0 Å². The first-order chi connectivity index (χ1) is 8.99. The lowest BCUT2D eigenvalue weighted by Crippen LogP contribution is -2.45. The summed E-state index contributed by atoms with van der Waals surface area (Å²) in [4.78, 5) is 22.4. The first kappa shape index (κ1) is 15.0. The zero-order valence-corrected chi connectivity index (χ0v) is 10.9. The molecule has 0 aliphatic rings. The minimum absolute atomic E-state index is 0.648. The van der Waals surface area contributed by atoms with Gasteiger partial charge in [-0.1, -0.05) is 25.1 Å². The van der Waals surface area contributed by atoms with E-state index in [1.54, 1.807) is 0 Å². The van der Waals surface area contributed by atoms with Crippen LogP contribution in [0.4, 0.5) is 10.5 Å². The monoisotopic (exact) mass is 266 g/mol. The molecule has 0 aliphatic carbocycles. The van der Waals surface area contributed by atoms with Crippen LogP contribution in [0.1, 0.15) is 18.1 Å². The summed E-state index contributed by atoms with van der Waals surface area (Å²) >= 11 is 0. The molecule has 0 saturated carbocycles. The average Bonchev–Trinajstić information content (AvgIpc) is 2.38. The van der Waals surface area contributed by atoms with Crippen molar-refractivity contribution in [2.45, 2.75) is 26.3 Å². The van der Waals surface area contributed by atoms with E-state index in [-0.39, 0.29) is 0 Å². The second-order valence-corrected chi connectivity index (χ2v) is 4.13. The summed E-state index contributed by atoms with van der Waals surface area (Å²) in [5.41, 5.74) is 2.53. The zero-order valence-electron chi connectivity index (χ0n) is 10.9. The predicted molar refractivity (Wildman–Crippen MR) is 71.2 cm³/mol. The number of hydrogen-bond acceptors (Lipinski definition) is 3. The van der Waals surface area contributed by atoms with Gasteiger partial charge < -0.3 is 20.8 Å². The maximum atomic E-state index is 11.7. The number of benzene rings is 1. The molecule has 1 rings (SSSR count). The van der Waals surface area contributed by atoms with Crippen molar-refractivity contribution < 1.29 is 19.8 Å². The molecule has 0 aromatic heterocycles. The van der Waals surface area contributed by atoms with Crippen molar-refractivity contribution in [3.8, 4) is 0 Å². The van der Waals surface area contributed by atoms with E-state index in [0.29, 0.717) is 5.69 Å². The van der Waals surface area contributed by atoms with E-state index in [2.05, 4.69) is 10.6 Å². The summed E-state index contributed by atoms with van der Waals surface area (Å²) in [5, 5.41) is 22.4. The second-order valence-electron chi connectivity index (χ2n) is 4.13. The Balaban J connectivity index is 2.80. The largest absolute Gasteiger partial charge is 0.480 e. The van der Waals surface area contributed by atoms with Gasteiger partial charge >= 0.3 is 12.0 Å². The number of aliphatic carboxylic acids is 1. The van der Waals surface area contributed by atoms with Gasteiger partial charge in [-0.2, -0.15) is 0 Å². The van der Waals surface area contributed by atoms with Crippen LogP contribution in [-0.4, -0.2) is 34.9 Å². The van der Waals surface area contributed by atoms with Gasteiger partial charge in [-0.15, -0.1) is 0 Å². The van der Waals surface area contributed by atoms with E-state index >= 15 is 0 Å². The van der Waals surface area contributed by atoms with Crippen molar-refractivity contribution in [2.75, 3.05) is 11.9 Å². The number of carbonyl (C=O) groups is 2. The summed E-state index contributed by atoms with van der Waals surface area (Å²) in [5.74, 6) is -1.28. The molecule has 4 N–H and O–H groups in total. The number of para-hydroxylation sites is 1. The number of carboxylic acids is 1. The molecule has 1 aromatic carbocycles. The number of anilines is 1. The number of aryl methyl sites for hydroxylation is 2.